The Bertz CT molecular complexity index is 992. The number of halogens is 2. The summed E-state index contributed by atoms with van der Waals surface area (Å²) in [6.07, 6.45) is 0. The lowest BCUT2D eigenvalue weighted by molar-refractivity contribution is 0.213. The molecule has 0 spiro atoms. The Hall–Kier alpha value is -3.62. The zero-order chi connectivity index (χ0) is 22.8. The monoisotopic (exact) mass is 506 g/mol. The lowest BCUT2D eigenvalue weighted by Crippen LogP contribution is -2.13. The molecule has 0 saturated carbocycles. The molecule has 3 aromatic carbocycles. The van der Waals surface area contributed by atoms with E-state index in [1.807, 2.05) is 66.7 Å². The number of amidine groups is 2. The molecule has 0 heterocycles. The molecule has 0 unspecified atom stereocenters. The third-order valence-electron chi connectivity index (χ3n) is 4.48. The van der Waals surface area contributed by atoms with Gasteiger partial charge in [-0.25, -0.2) is 0 Å². The van der Waals surface area contributed by atoms with Crippen LogP contribution in [-0.4, -0.2) is 25.9 Å². The molecule has 0 aliphatic rings. The quantitative estimate of drug-likeness (QED) is 0.241. The summed E-state index contributed by atoms with van der Waals surface area (Å²) in [5.41, 5.74) is 15.2. The Morgan fingerprint density at radius 3 is 1.38 bits per heavy atom. The summed E-state index contributed by atoms with van der Waals surface area (Å²) in [5, 5.41) is 7.42. The van der Waals surface area contributed by atoms with Crippen molar-refractivity contribution in [3.63, 3.8) is 0 Å². The minimum absolute atomic E-state index is 0. The van der Waals surface area contributed by atoms with Gasteiger partial charge in [0.15, 0.2) is 11.7 Å². The Balaban J connectivity index is 0.00000289. The lowest BCUT2D eigenvalue weighted by atomic mass is 10.1. The fourth-order valence-electron chi connectivity index (χ4n) is 2.89. The molecule has 4 N–H and O–H groups in total. The minimum atomic E-state index is 0. The van der Waals surface area contributed by atoms with Gasteiger partial charge < -0.3 is 30.6 Å². The maximum atomic E-state index is 5.87. The Morgan fingerprint density at radius 2 is 1.03 bits per heavy atom. The molecule has 34 heavy (non-hydrogen) atoms. The van der Waals surface area contributed by atoms with Gasteiger partial charge in [0.1, 0.15) is 38.9 Å². The van der Waals surface area contributed by atoms with E-state index in [1.165, 1.54) is 14.2 Å². The van der Waals surface area contributed by atoms with E-state index in [0.717, 1.165) is 33.8 Å². The van der Waals surface area contributed by atoms with E-state index in [0.29, 0.717) is 24.9 Å². The van der Waals surface area contributed by atoms with E-state index in [4.69, 9.17) is 20.9 Å². The number of ether oxygens (including phenoxy) is 2. The normalized spacial score (nSPS) is 11.0. The van der Waals surface area contributed by atoms with Crippen LogP contribution in [-0.2, 0) is 22.9 Å². The van der Waals surface area contributed by atoms with Crippen molar-refractivity contribution >= 4 is 36.5 Å². The molecular weight excluding hydrogens is 479 g/mol. The predicted octanol–water partition coefficient (Wildman–Crippen LogP) is 4.22. The van der Waals surface area contributed by atoms with Gasteiger partial charge in [-0.1, -0.05) is 28.5 Å². The maximum absolute atomic E-state index is 5.87. The number of rotatable bonds is 10. The molecule has 182 valence electrons. The summed E-state index contributed by atoms with van der Waals surface area (Å²) in [6, 6.07) is 22.7. The van der Waals surface area contributed by atoms with Crippen molar-refractivity contribution in [3.8, 4) is 11.5 Å². The largest absolute Gasteiger partial charge is 0.489 e. The van der Waals surface area contributed by atoms with Gasteiger partial charge in [-0.05, 0) is 65.7 Å². The van der Waals surface area contributed by atoms with E-state index in [1.54, 1.807) is 0 Å². The SMILES string of the molecule is CO/N=C(\N)c1ccc(OCc2cccc(COc3ccc(/C(N)=N/OC)cc3)c2)cc1.Cl.Cl. The van der Waals surface area contributed by atoms with Crippen LogP contribution in [0.3, 0.4) is 0 Å². The number of hydrogen-bond acceptors (Lipinski definition) is 6. The van der Waals surface area contributed by atoms with Crippen molar-refractivity contribution in [2.24, 2.45) is 21.8 Å². The first kappa shape index (κ1) is 28.4. The average molecular weight is 507 g/mol. The summed E-state index contributed by atoms with van der Waals surface area (Å²) in [6.45, 7) is 0.864. The number of hydrogen-bond donors (Lipinski definition) is 2. The van der Waals surface area contributed by atoms with Crippen LogP contribution in [0.2, 0.25) is 0 Å². The highest BCUT2D eigenvalue weighted by Crippen LogP contribution is 2.17. The van der Waals surface area contributed by atoms with Crippen molar-refractivity contribution in [1.82, 2.24) is 0 Å². The Morgan fingerprint density at radius 1 is 0.647 bits per heavy atom. The number of nitrogens with two attached hydrogens (primary N) is 2. The van der Waals surface area contributed by atoms with E-state index >= 15 is 0 Å². The van der Waals surface area contributed by atoms with E-state index in [2.05, 4.69) is 26.1 Å². The van der Waals surface area contributed by atoms with Crippen LogP contribution >= 0.6 is 24.8 Å². The molecule has 0 aliphatic heterocycles. The molecule has 0 fully saturated rings. The van der Waals surface area contributed by atoms with Crippen molar-refractivity contribution in [2.45, 2.75) is 13.2 Å². The number of benzene rings is 3. The van der Waals surface area contributed by atoms with Crippen LogP contribution in [0.5, 0.6) is 11.5 Å². The van der Waals surface area contributed by atoms with Gasteiger partial charge >= 0.3 is 0 Å². The van der Waals surface area contributed by atoms with Crippen molar-refractivity contribution in [1.29, 1.82) is 0 Å². The summed E-state index contributed by atoms with van der Waals surface area (Å²) in [7, 11) is 2.91. The molecule has 10 heteroatoms. The summed E-state index contributed by atoms with van der Waals surface area (Å²) < 4.78 is 11.7. The third kappa shape index (κ3) is 8.38. The predicted molar refractivity (Wildman–Crippen MR) is 138 cm³/mol. The van der Waals surface area contributed by atoms with Crippen molar-refractivity contribution < 1.29 is 19.1 Å². The second-order valence-corrected chi connectivity index (χ2v) is 6.76. The first-order chi connectivity index (χ1) is 15.6. The summed E-state index contributed by atoms with van der Waals surface area (Å²) >= 11 is 0. The van der Waals surface area contributed by atoms with Crippen LogP contribution in [0.1, 0.15) is 22.3 Å². The van der Waals surface area contributed by atoms with Crippen molar-refractivity contribution in [3.05, 3.63) is 95.1 Å². The molecule has 0 aliphatic carbocycles. The van der Waals surface area contributed by atoms with Gasteiger partial charge in [0, 0.05) is 11.1 Å². The Kier molecular flexibility index (Phi) is 12.1. The highest BCUT2D eigenvalue weighted by molar-refractivity contribution is 5.97. The van der Waals surface area contributed by atoms with Gasteiger partial charge in [0.05, 0.1) is 0 Å². The number of nitrogens with zero attached hydrogens (tertiary/aromatic N) is 2. The van der Waals surface area contributed by atoms with E-state index in [-0.39, 0.29) is 24.8 Å². The molecule has 0 saturated heterocycles. The third-order valence-corrected chi connectivity index (χ3v) is 4.48. The van der Waals surface area contributed by atoms with Gasteiger partial charge in [0.2, 0.25) is 0 Å². The molecule has 0 radical (unpaired) electrons. The summed E-state index contributed by atoms with van der Waals surface area (Å²) in [5.74, 6) is 2.09. The fourth-order valence-corrected chi connectivity index (χ4v) is 2.89. The molecular formula is C24H28Cl2N4O4. The standard InChI is InChI=1S/C24H26N4O4.2ClH/c1-29-27-23(25)19-6-10-21(11-7-19)31-15-17-4-3-5-18(14-17)16-32-22-12-8-20(9-13-22)24(26)28-30-2;;/h3-14H,15-16H2,1-2H3,(H2,25,27)(H2,26,28);2*1H. The minimum Gasteiger partial charge on any atom is -0.489 e. The molecule has 8 nitrogen and oxygen atoms in total. The molecule has 0 aromatic heterocycles. The highest BCUT2D eigenvalue weighted by atomic mass is 35.5. The maximum Gasteiger partial charge on any atom is 0.170 e. The lowest BCUT2D eigenvalue weighted by Gasteiger charge is -2.10. The van der Waals surface area contributed by atoms with Crippen LogP contribution < -0.4 is 20.9 Å². The van der Waals surface area contributed by atoms with Crippen molar-refractivity contribution in [2.75, 3.05) is 14.2 Å². The molecule has 0 bridgehead atoms. The second-order valence-electron chi connectivity index (χ2n) is 6.76. The zero-order valence-electron chi connectivity index (χ0n) is 18.8. The molecule has 3 rings (SSSR count). The zero-order valence-corrected chi connectivity index (χ0v) is 20.5. The van der Waals surface area contributed by atoms with Gasteiger partial charge in [0.25, 0.3) is 0 Å². The number of oxime groups is 2. The van der Waals surface area contributed by atoms with Crippen LogP contribution in [0.25, 0.3) is 0 Å². The average Bonchev–Trinajstić information content (AvgIpc) is 2.83. The Labute approximate surface area is 211 Å². The first-order valence-electron chi connectivity index (χ1n) is 9.86. The van der Waals surface area contributed by atoms with E-state index < -0.39 is 0 Å². The highest BCUT2D eigenvalue weighted by Gasteiger charge is 2.04. The van der Waals surface area contributed by atoms with Crippen LogP contribution in [0.4, 0.5) is 0 Å². The smallest absolute Gasteiger partial charge is 0.170 e. The van der Waals surface area contributed by atoms with E-state index in [9.17, 15) is 0 Å². The first-order valence-corrected chi connectivity index (χ1v) is 9.86. The topological polar surface area (TPSA) is 114 Å². The van der Waals surface area contributed by atoms with Gasteiger partial charge in [-0.2, -0.15) is 0 Å². The van der Waals surface area contributed by atoms with Crippen LogP contribution in [0.15, 0.2) is 83.1 Å². The molecule has 0 atom stereocenters. The van der Waals surface area contributed by atoms with Gasteiger partial charge in [-0.3, -0.25) is 0 Å². The molecule has 0 amide bonds. The fraction of sp³-hybridized carbons (Fsp3) is 0.167. The second kappa shape index (κ2) is 14.5. The summed E-state index contributed by atoms with van der Waals surface area (Å²) in [4.78, 5) is 9.37. The van der Waals surface area contributed by atoms with Crippen LogP contribution in [0, 0.1) is 0 Å². The molecule has 3 aromatic rings. The van der Waals surface area contributed by atoms with Gasteiger partial charge in [-0.15, -0.1) is 24.8 Å².